The van der Waals surface area contributed by atoms with Gasteiger partial charge in [-0.2, -0.15) is 5.10 Å². The molecule has 1 aromatic heterocycles. The molecular formula is C40H51N7O3. The van der Waals surface area contributed by atoms with Crippen molar-refractivity contribution in [1.29, 1.82) is 0 Å². The summed E-state index contributed by atoms with van der Waals surface area (Å²) in [6.07, 6.45) is 1.55. The number of piperazine rings is 1. The Kier molecular flexibility index (Phi) is 10.6. The van der Waals surface area contributed by atoms with Crippen LogP contribution >= 0.6 is 0 Å². The summed E-state index contributed by atoms with van der Waals surface area (Å²) in [5, 5.41) is 10.8. The zero-order chi connectivity index (χ0) is 35.4. The summed E-state index contributed by atoms with van der Waals surface area (Å²) >= 11 is 0. The van der Waals surface area contributed by atoms with E-state index in [0.29, 0.717) is 24.6 Å². The van der Waals surface area contributed by atoms with Crippen LogP contribution in [-0.4, -0.2) is 88.8 Å². The van der Waals surface area contributed by atoms with Crippen molar-refractivity contribution in [3.8, 4) is 11.4 Å². The maximum Gasteiger partial charge on any atom is 0.324 e. The number of likely N-dealkylation sites (tertiary alicyclic amines) is 1. The van der Waals surface area contributed by atoms with E-state index < -0.39 is 0 Å². The highest BCUT2D eigenvalue weighted by atomic mass is 16.5. The predicted molar refractivity (Wildman–Crippen MR) is 200 cm³/mol. The molecule has 0 spiro atoms. The van der Waals surface area contributed by atoms with Crippen molar-refractivity contribution >= 4 is 23.4 Å². The first-order valence-corrected chi connectivity index (χ1v) is 17.7. The molecule has 4 aromatic rings. The molecule has 3 aromatic carbocycles. The van der Waals surface area contributed by atoms with Gasteiger partial charge in [0.1, 0.15) is 17.7 Å². The van der Waals surface area contributed by atoms with Gasteiger partial charge >= 0.3 is 6.03 Å². The largest absolute Gasteiger partial charge is 0.490 e. The fourth-order valence-electron chi connectivity index (χ4n) is 6.41. The standard InChI is InChI=1S/C40H51N7O3/c1-28-7-13-32(14-8-28)47-37(26-36(43-47)40(3,4)5)42-39(49)41-35-16-15-34(25-29(35)2)50-33-17-19-46(20-18-33)38(48)31-11-9-30(10-12-31)27-45-23-21-44(6)22-24-45/h7-16,25-26,33H,17-24,27H2,1-6H3,(H2,41,42,49). The number of aromatic nitrogens is 2. The van der Waals surface area contributed by atoms with Crippen molar-refractivity contribution in [3.63, 3.8) is 0 Å². The third-order valence-corrected chi connectivity index (χ3v) is 9.68. The molecule has 3 amide bonds. The third-order valence-electron chi connectivity index (χ3n) is 9.68. The molecule has 6 rings (SSSR count). The Morgan fingerprint density at radius 2 is 1.52 bits per heavy atom. The van der Waals surface area contributed by atoms with E-state index in [0.717, 1.165) is 79.4 Å². The monoisotopic (exact) mass is 677 g/mol. The van der Waals surface area contributed by atoms with E-state index in [1.165, 1.54) is 5.56 Å². The molecule has 3 heterocycles. The Morgan fingerprint density at radius 3 is 2.16 bits per heavy atom. The fourth-order valence-corrected chi connectivity index (χ4v) is 6.41. The minimum Gasteiger partial charge on any atom is -0.490 e. The average Bonchev–Trinajstić information content (AvgIpc) is 3.52. The molecule has 0 radical (unpaired) electrons. The Balaban J connectivity index is 1.00. The highest BCUT2D eigenvalue weighted by molar-refractivity contribution is 6.00. The van der Waals surface area contributed by atoms with E-state index in [4.69, 9.17) is 9.84 Å². The number of anilines is 2. The number of carbonyl (C=O) groups excluding carboxylic acids is 2. The van der Waals surface area contributed by atoms with Crippen LogP contribution in [0.4, 0.5) is 16.3 Å². The number of hydrogen-bond donors (Lipinski definition) is 2. The van der Waals surface area contributed by atoms with Gasteiger partial charge in [-0.1, -0.05) is 50.6 Å². The second kappa shape index (κ2) is 15.1. The minimum atomic E-state index is -0.350. The van der Waals surface area contributed by atoms with Gasteiger partial charge in [-0.05, 0) is 74.5 Å². The molecule has 2 aliphatic rings. The summed E-state index contributed by atoms with van der Waals surface area (Å²) in [6, 6.07) is 23.5. The van der Waals surface area contributed by atoms with Crippen molar-refractivity contribution in [3.05, 3.63) is 101 Å². The molecule has 2 fully saturated rings. The van der Waals surface area contributed by atoms with Crippen molar-refractivity contribution in [2.75, 3.05) is 56.9 Å². The fraction of sp³-hybridized carbons (Fsp3) is 0.425. The van der Waals surface area contributed by atoms with Gasteiger partial charge in [-0.3, -0.25) is 15.0 Å². The number of benzene rings is 3. The Morgan fingerprint density at radius 1 is 0.840 bits per heavy atom. The smallest absolute Gasteiger partial charge is 0.324 e. The van der Waals surface area contributed by atoms with Gasteiger partial charge < -0.3 is 19.9 Å². The van der Waals surface area contributed by atoms with Gasteiger partial charge in [0.2, 0.25) is 0 Å². The van der Waals surface area contributed by atoms with Gasteiger partial charge in [0, 0.05) is 81.4 Å². The average molecular weight is 678 g/mol. The summed E-state index contributed by atoms with van der Waals surface area (Å²) in [7, 11) is 2.17. The SMILES string of the molecule is Cc1ccc(-n2nc(C(C)(C)C)cc2NC(=O)Nc2ccc(OC3CCN(C(=O)c4ccc(CN5CCN(C)CC5)cc4)CC3)cc2C)cc1. The Bertz CT molecular complexity index is 1780. The molecule has 0 bridgehead atoms. The second-order valence-corrected chi connectivity index (χ2v) is 14.9. The van der Waals surface area contributed by atoms with Gasteiger partial charge in [0.15, 0.2) is 0 Å². The van der Waals surface area contributed by atoms with Crippen LogP contribution in [0.25, 0.3) is 5.69 Å². The van der Waals surface area contributed by atoms with Crippen LogP contribution in [0.3, 0.4) is 0 Å². The molecule has 2 saturated heterocycles. The van der Waals surface area contributed by atoms with Crippen molar-refractivity contribution in [1.82, 2.24) is 24.5 Å². The van der Waals surface area contributed by atoms with Gasteiger partial charge in [0.25, 0.3) is 5.91 Å². The summed E-state index contributed by atoms with van der Waals surface area (Å²) in [5.41, 5.74) is 6.30. The number of nitrogens with zero attached hydrogens (tertiary/aromatic N) is 5. The zero-order valence-electron chi connectivity index (χ0n) is 30.3. The van der Waals surface area contributed by atoms with Crippen LogP contribution < -0.4 is 15.4 Å². The lowest BCUT2D eigenvalue weighted by Crippen LogP contribution is -2.43. The van der Waals surface area contributed by atoms with Crippen LogP contribution in [0.5, 0.6) is 5.75 Å². The maximum absolute atomic E-state index is 13.3. The van der Waals surface area contributed by atoms with Crippen molar-refractivity contribution < 1.29 is 14.3 Å². The Labute approximate surface area is 296 Å². The van der Waals surface area contributed by atoms with Crippen LogP contribution in [-0.2, 0) is 12.0 Å². The number of urea groups is 1. The number of nitrogens with one attached hydrogen (secondary N) is 2. The number of rotatable bonds is 8. The zero-order valence-corrected chi connectivity index (χ0v) is 30.3. The summed E-state index contributed by atoms with van der Waals surface area (Å²) in [4.78, 5) is 33.2. The molecule has 0 aliphatic carbocycles. The van der Waals surface area contributed by atoms with Gasteiger partial charge in [0.05, 0.1) is 11.4 Å². The second-order valence-electron chi connectivity index (χ2n) is 14.9. The molecular weight excluding hydrogens is 626 g/mol. The summed E-state index contributed by atoms with van der Waals surface area (Å²) < 4.78 is 8.11. The number of ether oxygens (including phenoxy) is 1. The lowest BCUT2D eigenvalue weighted by molar-refractivity contribution is 0.0595. The van der Waals surface area contributed by atoms with E-state index in [9.17, 15) is 9.59 Å². The molecule has 2 N–H and O–H groups in total. The predicted octanol–water partition coefficient (Wildman–Crippen LogP) is 6.86. The number of amides is 3. The number of likely N-dealkylation sites (N-methyl/N-ethyl adjacent to an activating group) is 1. The lowest BCUT2D eigenvalue weighted by Gasteiger charge is -2.33. The minimum absolute atomic E-state index is 0.0191. The number of carbonyl (C=O) groups is 2. The summed E-state index contributed by atoms with van der Waals surface area (Å²) in [5.74, 6) is 1.43. The van der Waals surface area contributed by atoms with E-state index in [-0.39, 0.29) is 23.5 Å². The first-order valence-electron chi connectivity index (χ1n) is 17.7. The van der Waals surface area contributed by atoms with E-state index in [1.807, 2.05) is 79.4 Å². The van der Waals surface area contributed by atoms with Crippen LogP contribution in [0.15, 0.2) is 72.8 Å². The quantitative estimate of drug-likeness (QED) is 0.212. The normalized spacial score (nSPS) is 16.3. The van der Waals surface area contributed by atoms with Gasteiger partial charge in [-0.15, -0.1) is 0 Å². The van der Waals surface area contributed by atoms with Gasteiger partial charge in [-0.25, -0.2) is 9.48 Å². The molecule has 0 atom stereocenters. The molecule has 264 valence electrons. The molecule has 10 heteroatoms. The van der Waals surface area contributed by atoms with E-state index in [2.05, 4.69) is 60.4 Å². The molecule has 2 aliphatic heterocycles. The topological polar surface area (TPSA) is 95.0 Å². The van der Waals surface area contributed by atoms with Crippen molar-refractivity contribution in [2.24, 2.45) is 0 Å². The molecule has 50 heavy (non-hydrogen) atoms. The maximum atomic E-state index is 13.3. The van der Waals surface area contributed by atoms with E-state index in [1.54, 1.807) is 4.68 Å². The number of aryl methyl sites for hydroxylation is 2. The Hall–Kier alpha value is -4.67. The van der Waals surface area contributed by atoms with E-state index >= 15 is 0 Å². The third kappa shape index (κ3) is 8.73. The van der Waals surface area contributed by atoms with Crippen LogP contribution in [0.2, 0.25) is 0 Å². The highest BCUT2D eigenvalue weighted by Gasteiger charge is 2.26. The first-order chi connectivity index (χ1) is 23.9. The number of hydrogen-bond acceptors (Lipinski definition) is 6. The van der Waals surface area contributed by atoms with Crippen molar-refractivity contribution in [2.45, 2.75) is 65.5 Å². The number of piperidine rings is 1. The lowest BCUT2D eigenvalue weighted by atomic mass is 9.92. The first kappa shape index (κ1) is 35.2. The highest BCUT2D eigenvalue weighted by Crippen LogP contribution is 2.28. The molecule has 0 saturated carbocycles. The van der Waals surface area contributed by atoms with Crippen LogP contribution in [0.1, 0.15) is 66.4 Å². The summed E-state index contributed by atoms with van der Waals surface area (Å²) in [6.45, 7) is 16.9. The van der Waals surface area contributed by atoms with Crippen LogP contribution in [0, 0.1) is 13.8 Å². The molecule has 10 nitrogen and oxygen atoms in total. The molecule has 0 unspecified atom stereocenters.